The van der Waals surface area contributed by atoms with Crippen molar-refractivity contribution in [1.82, 2.24) is 0 Å². The summed E-state index contributed by atoms with van der Waals surface area (Å²) in [6.07, 6.45) is 0. The van der Waals surface area contributed by atoms with E-state index in [0.717, 1.165) is 0 Å². The second kappa shape index (κ2) is 4.33. The Kier molecular flexibility index (Phi) is 2.67. The van der Waals surface area contributed by atoms with Crippen LogP contribution in [0.4, 0.5) is 0 Å². The quantitative estimate of drug-likeness (QED) is 0.540. The first kappa shape index (κ1) is 8.63. The molecule has 2 aromatic carbocycles. The van der Waals surface area contributed by atoms with Crippen molar-refractivity contribution in [2.75, 3.05) is 0 Å². The van der Waals surface area contributed by atoms with E-state index in [0.29, 0.717) is 11.5 Å². The molecule has 0 heterocycles. The van der Waals surface area contributed by atoms with Gasteiger partial charge in [-0.05, 0) is 30.3 Å². The van der Waals surface area contributed by atoms with E-state index in [1.165, 1.54) is 0 Å². The van der Waals surface area contributed by atoms with Crippen LogP contribution in [0.5, 0.6) is 11.5 Å². The van der Waals surface area contributed by atoms with E-state index in [4.69, 9.17) is 9.78 Å². The number of hydrogen-bond donors (Lipinski definition) is 0. The van der Waals surface area contributed by atoms with Gasteiger partial charge in [0.25, 0.3) is 0 Å². The first-order valence-electron chi connectivity index (χ1n) is 4.31. The molecule has 1 radical (unpaired) electrons. The minimum absolute atomic E-state index is 0.660. The predicted octanol–water partition coefficient (Wildman–Crippen LogP) is 2.86. The summed E-state index contributed by atoms with van der Waals surface area (Å²) < 4.78 is 0. The minimum atomic E-state index is 0.660. The molecule has 0 unspecified atom stereocenters. The van der Waals surface area contributed by atoms with Gasteiger partial charge in [0.2, 0.25) is 0 Å². The SMILES string of the molecule is [c]1ccc(OOc2ccccc2)cc1. The molecule has 14 heavy (non-hydrogen) atoms. The monoisotopic (exact) mass is 185 g/mol. The molecule has 2 nitrogen and oxygen atoms in total. The largest absolute Gasteiger partial charge is 0.290 e. The highest BCUT2D eigenvalue weighted by Gasteiger charge is 1.94. The van der Waals surface area contributed by atoms with E-state index in [-0.39, 0.29) is 0 Å². The van der Waals surface area contributed by atoms with Crippen LogP contribution in [0.3, 0.4) is 0 Å². The van der Waals surface area contributed by atoms with Gasteiger partial charge in [0, 0.05) is 0 Å². The van der Waals surface area contributed by atoms with Crippen molar-refractivity contribution in [2.24, 2.45) is 0 Å². The Morgan fingerprint density at radius 1 is 0.714 bits per heavy atom. The maximum Gasteiger partial charge on any atom is 0.178 e. The molecule has 0 amide bonds. The number of para-hydroxylation sites is 1. The Balaban J connectivity index is 1.96. The van der Waals surface area contributed by atoms with Crippen molar-refractivity contribution >= 4 is 0 Å². The summed E-state index contributed by atoms with van der Waals surface area (Å²) in [5.74, 6) is 1.34. The molecule has 0 aliphatic carbocycles. The van der Waals surface area contributed by atoms with Crippen molar-refractivity contribution in [2.45, 2.75) is 0 Å². The Morgan fingerprint density at radius 2 is 1.29 bits per heavy atom. The molecule has 0 N–H and O–H groups in total. The molecular formula is C12H9O2. The topological polar surface area (TPSA) is 18.5 Å². The summed E-state index contributed by atoms with van der Waals surface area (Å²) in [7, 11) is 0. The highest BCUT2D eigenvalue weighted by atomic mass is 17.2. The average Bonchev–Trinajstić information content (AvgIpc) is 2.29. The van der Waals surface area contributed by atoms with Crippen LogP contribution in [0.15, 0.2) is 54.6 Å². The zero-order chi connectivity index (χ0) is 9.64. The van der Waals surface area contributed by atoms with Crippen LogP contribution < -0.4 is 9.78 Å². The highest BCUT2D eigenvalue weighted by Crippen LogP contribution is 2.13. The molecule has 2 aromatic rings. The lowest BCUT2D eigenvalue weighted by molar-refractivity contribution is -0.0999. The van der Waals surface area contributed by atoms with Gasteiger partial charge in [-0.15, -0.1) is 0 Å². The van der Waals surface area contributed by atoms with Crippen LogP contribution in [0.25, 0.3) is 0 Å². The standard InChI is InChI=1S/C12H9O2/c1-3-7-11(8-4-1)13-14-12-9-5-2-6-10-12/h1,3-10H. The maximum absolute atomic E-state index is 5.08. The predicted molar refractivity (Wildman–Crippen MR) is 53.0 cm³/mol. The van der Waals surface area contributed by atoms with Gasteiger partial charge in [-0.1, -0.05) is 30.3 Å². The van der Waals surface area contributed by atoms with E-state index in [1.54, 1.807) is 24.3 Å². The van der Waals surface area contributed by atoms with Crippen molar-refractivity contribution in [3.8, 4) is 11.5 Å². The summed E-state index contributed by atoms with van der Waals surface area (Å²) in [5, 5.41) is 0. The molecule has 0 saturated carbocycles. The van der Waals surface area contributed by atoms with Crippen LogP contribution in [0.1, 0.15) is 0 Å². The van der Waals surface area contributed by atoms with Gasteiger partial charge in [-0.25, -0.2) is 0 Å². The van der Waals surface area contributed by atoms with Gasteiger partial charge in [0.1, 0.15) is 0 Å². The Labute approximate surface area is 82.6 Å². The van der Waals surface area contributed by atoms with Crippen molar-refractivity contribution in [1.29, 1.82) is 0 Å². The Hall–Kier alpha value is -1.96. The van der Waals surface area contributed by atoms with E-state index >= 15 is 0 Å². The van der Waals surface area contributed by atoms with Gasteiger partial charge in [-0.3, -0.25) is 9.78 Å². The Bertz CT molecular complexity index is 331. The molecule has 0 spiro atoms. The van der Waals surface area contributed by atoms with Crippen LogP contribution in [-0.4, -0.2) is 0 Å². The van der Waals surface area contributed by atoms with Gasteiger partial charge in [-0.2, -0.15) is 0 Å². The fourth-order valence-corrected chi connectivity index (χ4v) is 0.999. The normalized spacial score (nSPS) is 9.43. The van der Waals surface area contributed by atoms with Gasteiger partial charge in [0.05, 0.1) is 0 Å². The minimum Gasteiger partial charge on any atom is -0.290 e. The summed E-state index contributed by atoms with van der Waals surface area (Å²) in [4.78, 5) is 10.2. The van der Waals surface area contributed by atoms with Gasteiger partial charge >= 0.3 is 0 Å². The zero-order valence-electron chi connectivity index (χ0n) is 7.51. The lowest BCUT2D eigenvalue weighted by Gasteiger charge is -2.04. The molecule has 0 aliphatic heterocycles. The molecule has 0 fully saturated rings. The first-order chi connectivity index (χ1) is 6.95. The molecule has 0 aromatic heterocycles. The number of rotatable bonds is 3. The fourth-order valence-electron chi connectivity index (χ4n) is 0.999. The second-order valence-corrected chi connectivity index (χ2v) is 2.72. The average molecular weight is 185 g/mol. The lowest BCUT2D eigenvalue weighted by atomic mass is 10.3. The molecule has 0 atom stereocenters. The van der Waals surface area contributed by atoms with Crippen LogP contribution >= 0.6 is 0 Å². The zero-order valence-corrected chi connectivity index (χ0v) is 7.51. The molecule has 0 aliphatic rings. The molecule has 2 heteroatoms. The van der Waals surface area contributed by atoms with Crippen molar-refractivity contribution in [3.63, 3.8) is 0 Å². The molecule has 0 bridgehead atoms. The molecule has 69 valence electrons. The maximum atomic E-state index is 5.08. The smallest absolute Gasteiger partial charge is 0.178 e. The van der Waals surface area contributed by atoms with Gasteiger partial charge in [0.15, 0.2) is 11.5 Å². The molecule has 0 saturated heterocycles. The highest BCUT2D eigenvalue weighted by molar-refractivity contribution is 5.22. The fraction of sp³-hybridized carbons (Fsp3) is 0. The van der Waals surface area contributed by atoms with Crippen LogP contribution in [-0.2, 0) is 0 Å². The third-order valence-electron chi connectivity index (χ3n) is 1.66. The van der Waals surface area contributed by atoms with E-state index in [9.17, 15) is 0 Å². The molecular weight excluding hydrogens is 176 g/mol. The summed E-state index contributed by atoms with van der Waals surface area (Å²) in [6, 6.07) is 19.3. The number of hydrogen-bond acceptors (Lipinski definition) is 2. The van der Waals surface area contributed by atoms with E-state index < -0.39 is 0 Å². The van der Waals surface area contributed by atoms with Gasteiger partial charge < -0.3 is 0 Å². The summed E-state index contributed by atoms with van der Waals surface area (Å²) in [5.41, 5.74) is 0. The summed E-state index contributed by atoms with van der Waals surface area (Å²) in [6.45, 7) is 0. The van der Waals surface area contributed by atoms with Crippen molar-refractivity contribution in [3.05, 3.63) is 60.7 Å². The number of benzene rings is 2. The van der Waals surface area contributed by atoms with Crippen molar-refractivity contribution < 1.29 is 9.78 Å². The summed E-state index contributed by atoms with van der Waals surface area (Å²) >= 11 is 0. The first-order valence-corrected chi connectivity index (χ1v) is 4.31. The van der Waals surface area contributed by atoms with Crippen LogP contribution in [0, 0.1) is 6.07 Å². The van der Waals surface area contributed by atoms with E-state index in [1.807, 2.05) is 30.3 Å². The molecule has 2 rings (SSSR count). The van der Waals surface area contributed by atoms with Crippen LogP contribution in [0.2, 0.25) is 0 Å². The third-order valence-corrected chi connectivity index (χ3v) is 1.66. The Morgan fingerprint density at radius 3 is 1.93 bits per heavy atom. The third kappa shape index (κ3) is 2.26. The van der Waals surface area contributed by atoms with E-state index in [2.05, 4.69) is 6.07 Å². The lowest BCUT2D eigenvalue weighted by Crippen LogP contribution is -1.99. The second-order valence-electron chi connectivity index (χ2n) is 2.72.